The monoisotopic (exact) mass is 229 g/mol. The Morgan fingerprint density at radius 1 is 1.50 bits per heavy atom. The van der Waals surface area contributed by atoms with Crippen molar-refractivity contribution in [2.75, 3.05) is 26.3 Å². The first kappa shape index (κ1) is 13.9. The van der Waals surface area contributed by atoms with E-state index in [1.165, 1.54) is 6.42 Å². The molecular weight excluding hydrogens is 202 g/mol. The summed E-state index contributed by atoms with van der Waals surface area (Å²) in [5.74, 6) is 0.670. The van der Waals surface area contributed by atoms with Gasteiger partial charge in [0.2, 0.25) is 0 Å². The SMILES string of the molecule is CCOCCCNCC1(O)CCCC(C)C1. The summed E-state index contributed by atoms with van der Waals surface area (Å²) < 4.78 is 5.27. The molecule has 0 aliphatic heterocycles. The summed E-state index contributed by atoms with van der Waals surface area (Å²) >= 11 is 0. The van der Waals surface area contributed by atoms with Crippen LogP contribution in [0, 0.1) is 5.92 Å². The van der Waals surface area contributed by atoms with Gasteiger partial charge in [-0.05, 0) is 38.6 Å². The fraction of sp³-hybridized carbons (Fsp3) is 1.00. The molecule has 2 unspecified atom stereocenters. The van der Waals surface area contributed by atoms with Gasteiger partial charge in [0.1, 0.15) is 0 Å². The molecule has 1 fully saturated rings. The number of hydrogen-bond acceptors (Lipinski definition) is 3. The minimum absolute atomic E-state index is 0.455. The van der Waals surface area contributed by atoms with Gasteiger partial charge in [0.25, 0.3) is 0 Å². The van der Waals surface area contributed by atoms with Crippen molar-refractivity contribution in [2.24, 2.45) is 5.92 Å². The number of hydrogen-bond donors (Lipinski definition) is 2. The van der Waals surface area contributed by atoms with Gasteiger partial charge in [0.05, 0.1) is 5.60 Å². The van der Waals surface area contributed by atoms with Crippen molar-refractivity contribution >= 4 is 0 Å². The molecule has 1 rings (SSSR count). The van der Waals surface area contributed by atoms with Crippen LogP contribution in [0.25, 0.3) is 0 Å². The molecule has 0 amide bonds. The van der Waals surface area contributed by atoms with Crippen molar-refractivity contribution < 1.29 is 9.84 Å². The molecule has 0 heterocycles. The topological polar surface area (TPSA) is 41.5 Å². The Balaban J connectivity index is 2.06. The highest BCUT2D eigenvalue weighted by molar-refractivity contribution is 4.86. The molecule has 2 atom stereocenters. The van der Waals surface area contributed by atoms with Crippen molar-refractivity contribution in [3.8, 4) is 0 Å². The first-order valence-electron chi connectivity index (χ1n) is 6.67. The standard InChI is InChI=1S/C13H27NO2/c1-3-16-9-5-8-14-11-13(15)7-4-6-12(2)10-13/h12,14-15H,3-11H2,1-2H3. The number of aliphatic hydroxyl groups is 1. The minimum atomic E-state index is -0.455. The number of ether oxygens (including phenoxy) is 1. The van der Waals surface area contributed by atoms with Crippen LogP contribution in [0.4, 0.5) is 0 Å². The summed E-state index contributed by atoms with van der Waals surface area (Å²) in [4.78, 5) is 0. The van der Waals surface area contributed by atoms with Crippen LogP contribution in [0.3, 0.4) is 0 Å². The number of rotatable bonds is 7. The van der Waals surface area contributed by atoms with Crippen molar-refractivity contribution in [3.63, 3.8) is 0 Å². The first-order valence-corrected chi connectivity index (χ1v) is 6.67. The molecule has 1 saturated carbocycles. The third kappa shape index (κ3) is 5.28. The Morgan fingerprint density at radius 2 is 2.31 bits per heavy atom. The molecule has 0 saturated heterocycles. The van der Waals surface area contributed by atoms with E-state index in [0.29, 0.717) is 5.92 Å². The van der Waals surface area contributed by atoms with Gasteiger partial charge in [0, 0.05) is 19.8 Å². The van der Waals surface area contributed by atoms with Crippen molar-refractivity contribution in [1.29, 1.82) is 0 Å². The highest BCUT2D eigenvalue weighted by Crippen LogP contribution is 2.31. The zero-order chi connectivity index (χ0) is 11.9. The van der Waals surface area contributed by atoms with Gasteiger partial charge in [0.15, 0.2) is 0 Å². The van der Waals surface area contributed by atoms with Gasteiger partial charge in [-0.1, -0.05) is 19.8 Å². The first-order chi connectivity index (χ1) is 7.66. The minimum Gasteiger partial charge on any atom is -0.389 e. The molecule has 0 aromatic rings. The van der Waals surface area contributed by atoms with Gasteiger partial charge >= 0.3 is 0 Å². The van der Waals surface area contributed by atoms with E-state index in [1.807, 2.05) is 6.92 Å². The summed E-state index contributed by atoms with van der Waals surface area (Å²) in [5, 5.41) is 13.7. The lowest BCUT2D eigenvalue weighted by atomic mass is 9.79. The van der Waals surface area contributed by atoms with Crippen LogP contribution in [-0.4, -0.2) is 37.0 Å². The van der Waals surface area contributed by atoms with Crippen LogP contribution < -0.4 is 5.32 Å². The molecule has 3 heteroatoms. The van der Waals surface area contributed by atoms with Crippen LogP contribution in [0.2, 0.25) is 0 Å². The van der Waals surface area contributed by atoms with Crippen LogP contribution in [-0.2, 0) is 4.74 Å². The largest absolute Gasteiger partial charge is 0.389 e. The zero-order valence-corrected chi connectivity index (χ0v) is 10.8. The highest BCUT2D eigenvalue weighted by Gasteiger charge is 2.31. The molecule has 0 aromatic heterocycles. The third-order valence-electron chi connectivity index (χ3n) is 3.37. The van der Waals surface area contributed by atoms with E-state index in [2.05, 4.69) is 12.2 Å². The molecule has 0 radical (unpaired) electrons. The molecule has 0 aromatic carbocycles. The van der Waals surface area contributed by atoms with Gasteiger partial charge in [-0.2, -0.15) is 0 Å². The van der Waals surface area contributed by atoms with Crippen molar-refractivity contribution in [2.45, 2.75) is 51.6 Å². The van der Waals surface area contributed by atoms with Crippen molar-refractivity contribution in [3.05, 3.63) is 0 Å². The van der Waals surface area contributed by atoms with Crippen LogP contribution in [0.15, 0.2) is 0 Å². The Morgan fingerprint density at radius 3 is 3.00 bits per heavy atom. The van der Waals surface area contributed by atoms with E-state index in [0.717, 1.165) is 52.0 Å². The smallest absolute Gasteiger partial charge is 0.0774 e. The Labute approximate surface area is 99.6 Å². The molecule has 0 spiro atoms. The molecule has 2 N–H and O–H groups in total. The molecule has 0 bridgehead atoms. The van der Waals surface area contributed by atoms with Crippen molar-refractivity contribution in [1.82, 2.24) is 5.32 Å². The molecule has 3 nitrogen and oxygen atoms in total. The van der Waals surface area contributed by atoms with E-state index in [-0.39, 0.29) is 0 Å². The predicted octanol–water partition coefficient (Wildman–Crippen LogP) is 1.94. The number of nitrogens with one attached hydrogen (secondary N) is 1. The average Bonchev–Trinajstić information content (AvgIpc) is 2.23. The summed E-state index contributed by atoms with van der Waals surface area (Å²) in [6, 6.07) is 0. The second-order valence-electron chi connectivity index (χ2n) is 5.15. The van der Waals surface area contributed by atoms with Gasteiger partial charge in [-0.15, -0.1) is 0 Å². The summed E-state index contributed by atoms with van der Waals surface area (Å²) in [7, 11) is 0. The normalized spacial score (nSPS) is 30.6. The molecule has 1 aliphatic carbocycles. The van der Waals surface area contributed by atoms with E-state index in [1.54, 1.807) is 0 Å². The quantitative estimate of drug-likeness (QED) is 0.656. The fourth-order valence-corrected chi connectivity index (χ4v) is 2.56. The van der Waals surface area contributed by atoms with E-state index in [9.17, 15) is 5.11 Å². The van der Waals surface area contributed by atoms with Crippen LogP contribution in [0.5, 0.6) is 0 Å². The van der Waals surface area contributed by atoms with E-state index < -0.39 is 5.60 Å². The van der Waals surface area contributed by atoms with E-state index >= 15 is 0 Å². The molecule has 1 aliphatic rings. The maximum Gasteiger partial charge on any atom is 0.0774 e. The lowest BCUT2D eigenvalue weighted by molar-refractivity contribution is -0.0119. The maximum atomic E-state index is 10.4. The van der Waals surface area contributed by atoms with Crippen LogP contribution >= 0.6 is 0 Å². The molecular formula is C13H27NO2. The molecule has 96 valence electrons. The lowest BCUT2D eigenvalue weighted by Gasteiger charge is -2.35. The second kappa shape index (κ2) is 7.25. The average molecular weight is 229 g/mol. The van der Waals surface area contributed by atoms with E-state index in [4.69, 9.17) is 4.74 Å². The predicted molar refractivity (Wildman–Crippen MR) is 66.6 cm³/mol. The second-order valence-corrected chi connectivity index (χ2v) is 5.15. The van der Waals surface area contributed by atoms with Gasteiger partial charge < -0.3 is 15.2 Å². The summed E-state index contributed by atoms with van der Waals surface area (Å²) in [5.41, 5.74) is -0.455. The lowest BCUT2D eigenvalue weighted by Crippen LogP contribution is -2.44. The maximum absolute atomic E-state index is 10.4. The summed E-state index contributed by atoms with van der Waals surface area (Å²) in [6.45, 7) is 7.54. The van der Waals surface area contributed by atoms with Crippen LogP contribution in [0.1, 0.15) is 46.0 Å². The van der Waals surface area contributed by atoms with Gasteiger partial charge in [-0.3, -0.25) is 0 Å². The Bertz CT molecular complexity index is 187. The third-order valence-corrected chi connectivity index (χ3v) is 3.37. The zero-order valence-electron chi connectivity index (χ0n) is 10.8. The Hall–Kier alpha value is -0.120. The van der Waals surface area contributed by atoms with Gasteiger partial charge in [-0.25, -0.2) is 0 Å². The Kier molecular flexibility index (Phi) is 6.32. The summed E-state index contributed by atoms with van der Waals surface area (Å²) in [6.07, 6.45) is 5.37. The highest BCUT2D eigenvalue weighted by atomic mass is 16.5. The molecule has 16 heavy (non-hydrogen) atoms. The fourth-order valence-electron chi connectivity index (χ4n) is 2.56.